The summed E-state index contributed by atoms with van der Waals surface area (Å²) in [5.74, 6) is 0.816. The first-order valence-corrected chi connectivity index (χ1v) is 9.83. The summed E-state index contributed by atoms with van der Waals surface area (Å²) in [6.07, 6.45) is 0. The van der Waals surface area contributed by atoms with Gasteiger partial charge in [0.05, 0.1) is 7.11 Å². The van der Waals surface area contributed by atoms with Gasteiger partial charge in [0.15, 0.2) is 0 Å². The second-order valence-corrected chi connectivity index (χ2v) is 9.38. The molecule has 0 aliphatic heterocycles. The molecule has 22 heavy (non-hydrogen) atoms. The minimum absolute atomic E-state index is 0.660. The predicted molar refractivity (Wildman–Crippen MR) is 95.8 cm³/mol. The van der Waals surface area contributed by atoms with Gasteiger partial charge in [-0.05, 0) is 97.9 Å². The molecule has 0 aromatic heterocycles. The van der Waals surface area contributed by atoms with Gasteiger partial charge in [-0.1, -0.05) is 0 Å². The van der Waals surface area contributed by atoms with E-state index in [0.29, 0.717) is 10.6 Å². The highest BCUT2D eigenvalue weighted by Gasteiger charge is 2.26. The third-order valence-corrected chi connectivity index (χ3v) is 7.24. The Morgan fingerprint density at radius 3 is 1.55 bits per heavy atom. The van der Waals surface area contributed by atoms with Crippen LogP contribution in [0.1, 0.15) is 27.8 Å². The minimum atomic E-state index is -3.14. The fourth-order valence-electron chi connectivity index (χ4n) is 2.74. The van der Waals surface area contributed by atoms with Crippen LogP contribution < -0.4 is 15.3 Å². The third kappa shape index (κ3) is 2.95. The van der Waals surface area contributed by atoms with Crippen molar-refractivity contribution in [3.05, 3.63) is 52.1 Å². The Balaban J connectivity index is 2.63. The number of hydrogen-bond acceptors (Lipinski definition) is 2. The van der Waals surface area contributed by atoms with Crippen molar-refractivity contribution >= 4 is 28.3 Å². The number of ether oxygens (including phenoxy) is 1. The van der Waals surface area contributed by atoms with Gasteiger partial charge in [-0.2, -0.15) is 0 Å². The predicted octanol–water partition coefficient (Wildman–Crippen LogP) is 4.71. The Morgan fingerprint density at radius 2 is 1.18 bits per heavy atom. The van der Waals surface area contributed by atoms with E-state index in [9.17, 15) is 4.57 Å². The van der Waals surface area contributed by atoms with E-state index in [-0.39, 0.29) is 0 Å². The highest BCUT2D eigenvalue weighted by atomic mass is 35.7. The molecule has 0 fully saturated rings. The van der Waals surface area contributed by atoms with E-state index in [1.54, 1.807) is 7.11 Å². The monoisotopic (exact) mass is 336 g/mol. The molecule has 0 radical (unpaired) electrons. The van der Waals surface area contributed by atoms with Gasteiger partial charge in [-0.15, -0.1) is 0 Å². The number of halogens is 1. The summed E-state index contributed by atoms with van der Waals surface area (Å²) in [5, 5.41) is 1.35. The summed E-state index contributed by atoms with van der Waals surface area (Å²) in [5.41, 5.74) is 5.32. The van der Waals surface area contributed by atoms with Crippen LogP contribution in [-0.4, -0.2) is 7.11 Å². The molecule has 0 heterocycles. The lowest BCUT2D eigenvalue weighted by Gasteiger charge is -2.17. The number of rotatable bonds is 3. The zero-order valence-electron chi connectivity index (χ0n) is 14.0. The molecule has 0 saturated carbocycles. The van der Waals surface area contributed by atoms with Crippen LogP contribution in [0.25, 0.3) is 0 Å². The summed E-state index contributed by atoms with van der Waals surface area (Å²) < 4.78 is 18.6. The minimum Gasteiger partial charge on any atom is -0.496 e. The van der Waals surface area contributed by atoms with Crippen molar-refractivity contribution < 1.29 is 9.30 Å². The molecule has 2 aromatic rings. The van der Waals surface area contributed by atoms with Crippen LogP contribution in [0.4, 0.5) is 0 Å². The van der Waals surface area contributed by atoms with Crippen molar-refractivity contribution in [2.75, 3.05) is 7.11 Å². The molecule has 0 N–H and O–H groups in total. The molecule has 4 heteroatoms. The summed E-state index contributed by atoms with van der Waals surface area (Å²) in [6, 6.07) is 7.60. The molecule has 0 bridgehead atoms. The van der Waals surface area contributed by atoms with E-state index in [4.69, 9.17) is 16.0 Å². The molecule has 2 nitrogen and oxygen atoms in total. The van der Waals surface area contributed by atoms with Crippen molar-refractivity contribution in [2.24, 2.45) is 0 Å². The Bertz CT molecular complexity index is 735. The van der Waals surface area contributed by atoms with Crippen molar-refractivity contribution in [1.82, 2.24) is 0 Å². The van der Waals surface area contributed by atoms with Gasteiger partial charge in [0.25, 0.3) is 0 Å². The van der Waals surface area contributed by atoms with Crippen molar-refractivity contribution in [2.45, 2.75) is 34.6 Å². The lowest BCUT2D eigenvalue weighted by molar-refractivity contribution is 0.408. The molecule has 0 saturated heterocycles. The smallest absolute Gasteiger partial charge is 0.225 e. The Labute approximate surface area is 137 Å². The molecule has 1 atom stereocenters. The van der Waals surface area contributed by atoms with Crippen LogP contribution in [0.15, 0.2) is 24.3 Å². The van der Waals surface area contributed by atoms with Crippen LogP contribution >= 0.6 is 17.7 Å². The first-order chi connectivity index (χ1) is 10.2. The first-order valence-electron chi connectivity index (χ1n) is 7.22. The van der Waals surface area contributed by atoms with Gasteiger partial charge >= 0.3 is 0 Å². The fourth-order valence-corrected chi connectivity index (χ4v) is 5.07. The SMILES string of the molecule is COc1c(C)cc(P(=O)(Cl)c2cc(C)c(C)c(C)c2)cc1C. The van der Waals surface area contributed by atoms with Gasteiger partial charge in [-0.25, -0.2) is 0 Å². The number of hydrogen-bond donors (Lipinski definition) is 0. The van der Waals surface area contributed by atoms with E-state index >= 15 is 0 Å². The molecule has 0 spiro atoms. The third-order valence-electron chi connectivity index (χ3n) is 4.23. The summed E-state index contributed by atoms with van der Waals surface area (Å²) in [7, 11) is 1.64. The molecule has 0 amide bonds. The van der Waals surface area contributed by atoms with Crippen LogP contribution in [-0.2, 0) is 4.57 Å². The summed E-state index contributed by atoms with van der Waals surface area (Å²) in [6.45, 7) is 6.85. The van der Waals surface area contributed by atoms with Crippen molar-refractivity contribution in [1.29, 1.82) is 0 Å². The average Bonchev–Trinajstić information content (AvgIpc) is 2.43. The molecule has 0 aliphatic rings. The van der Waals surface area contributed by atoms with Gasteiger partial charge in [-0.3, -0.25) is 4.57 Å². The van der Waals surface area contributed by atoms with Gasteiger partial charge < -0.3 is 4.74 Å². The van der Waals surface area contributed by atoms with Crippen LogP contribution in [0, 0.1) is 34.6 Å². The van der Waals surface area contributed by atoms with Crippen LogP contribution in [0.5, 0.6) is 5.75 Å². The summed E-state index contributed by atoms with van der Waals surface area (Å²) in [4.78, 5) is 0. The van der Waals surface area contributed by atoms with Crippen LogP contribution in [0.2, 0.25) is 0 Å². The number of methoxy groups -OCH3 is 1. The standard InChI is InChI=1S/C18H22ClO2P/c1-11-7-16(8-12(2)15(11)5)22(19,20)17-9-13(3)18(21-6)14(4)10-17/h7-10H,1-6H3. The molecule has 1 unspecified atom stereocenters. The fraction of sp³-hybridized carbons (Fsp3) is 0.333. The lowest BCUT2D eigenvalue weighted by atomic mass is 10.1. The maximum Gasteiger partial charge on any atom is 0.225 e. The van der Waals surface area contributed by atoms with E-state index < -0.39 is 6.49 Å². The Hall–Kier alpha value is -1.24. The van der Waals surface area contributed by atoms with Gasteiger partial charge in [0.2, 0.25) is 6.49 Å². The number of aryl methyl sites for hydroxylation is 4. The van der Waals surface area contributed by atoms with Gasteiger partial charge in [0.1, 0.15) is 5.75 Å². The molecule has 0 aliphatic carbocycles. The molecular formula is C18H22ClO2P. The topological polar surface area (TPSA) is 26.3 Å². The highest BCUT2D eigenvalue weighted by Crippen LogP contribution is 2.50. The zero-order valence-corrected chi connectivity index (χ0v) is 15.6. The Kier molecular flexibility index (Phi) is 4.75. The van der Waals surface area contributed by atoms with E-state index in [1.165, 1.54) is 5.56 Å². The molecule has 118 valence electrons. The second kappa shape index (κ2) is 6.10. The Morgan fingerprint density at radius 1 is 0.818 bits per heavy atom. The quantitative estimate of drug-likeness (QED) is 0.759. The van der Waals surface area contributed by atoms with Gasteiger partial charge in [0, 0.05) is 10.6 Å². The first kappa shape index (κ1) is 17.1. The largest absolute Gasteiger partial charge is 0.496 e. The van der Waals surface area contributed by atoms with E-state index in [1.807, 2.05) is 52.0 Å². The summed E-state index contributed by atoms with van der Waals surface area (Å²) >= 11 is 6.54. The normalized spacial score (nSPS) is 13.8. The highest BCUT2D eigenvalue weighted by molar-refractivity contribution is 8.00. The lowest BCUT2D eigenvalue weighted by Crippen LogP contribution is -2.15. The molecule has 2 rings (SSSR count). The molecule has 2 aromatic carbocycles. The maximum absolute atomic E-state index is 13.3. The second-order valence-electron chi connectivity index (χ2n) is 5.85. The number of benzene rings is 2. The average molecular weight is 337 g/mol. The van der Waals surface area contributed by atoms with Crippen LogP contribution in [0.3, 0.4) is 0 Å². The van der Waals surface area contributed by atoms with Crippen molar-refractivity contribution in [3.63, 3.8) is 0 Å². The maximum atomic E-state index is 13.3. The molecular weight excluding hydrogens is 315 g/mol. The van der Waals surface area contributed by atoms with E-state index in [0.717, 1.165) is 28.0 Å². The zero-order chi connectivity index (χ0) is 16.7. The van der Waals surface area contributed by atoms with E-state index in [2.05, 4.69) is 6.92 Å². The van der Waals surface area contributed by atoms with Crippen molar-refractivity contribution in [3.8, 4) is 5.75 Å².